The zero-order valence-corrected chi connectivity index (χ0v) is 13.0. The maximum Gasteiger partial charge on any atom is 0.275 e. The topological polar surface area (TPSA) is 77.3 Å². The van der Waals surface area contributed by atoms with Crippen LogP contribution in [0.5, 0.6) is 5.88 Å². The van der Waals surface area contributed by atoms with Crippen LogP contribution in [-0.4, -0.2) is 17.0 Å². The molecule has 1 aromatic carbocycles. The molecule has 0 radical (unpaired) electrons. The molecule has 2 aromatic rings. The van der Waals surface area contributed by atoms with Crippen LogP contribution in [-0.2, 0) is 13.1 Å². The number of hydrogen-bond acceptors (Lipinski definition) is 5. The first kappa shape index (κ1) is 15.4. The van der Waals surface area contributed by atoms with Crippen LogP contribution < -0.4 is 10.1 Å². The van der Waals surface area contributed by atoms with Crippen LogP contribution in [0.3, 0.4) is 0 Å². The van der Waals surface area contributed by atoms with Crippen molar-refractivity contribution in [1.82, 2.24) is 10.3 Å². The summed E-state index contributed by atoms with van der Waals surface area (Å²) in [6, 6.07) is 8.71. The molecule has 110 valence electrons. The van der Waals surface area contributed by atoms with Crippen LogP contribution in [0.1, 0.15) is 11.1 Å². The number of halogens is 1. The molecule has 0 amide bonds. The van der Waals surface area contributed by atoms with Gasteiger partial charge < -0.3 is 10.1 Å². The second-order valence-electron chi connectivity index (χ2n) is 4.34. The Morgan fingerprint density at radius 1 is 1.33 bits per heavy atom. The molecule has 0 aliphatic carbocycles. The summed E-state index contributed by atoms with van der Waals surface area (Å²) in [5.74, 6) is 0.558. The zero-order chi connectivity index (χ0) is 15.2. The Morgan fingerprint density at radius 3 is 2.76 bits per heavy atom. The highest BCUT2D eigenvalue weighted by molar-refractivity contribution is 9.10. The van der Waals surface area contributed by atoms with Gasteiger partial charge in [-0.05, 0) is 17.7 Å². The van der Waals surface area contributed by atoms with Gasteiger partial charge in [-0.3, -0.25) is 10.1 Å². The van der Waals surface area contributed by atoms with Gasteiger partial charge in [-0.2, -0.15) is 0 Å². The second-order valence-corrected chi connectivity index (χ2v) is 5.26. The summed E-state index contributed by atoms with van der Waals surface area (Å²) in [6.45, 7) is 0.986. The van der Waals surface area contributed by atoms with E-state index in [9.17, 15) is 10.1 Å². The predicted octanol–water partition coefficient (Wildman–Crippen LogP) is 3.05. The summed E-state index contributed by atoms with van der Waals surface area (Å²) in [7, 11) is 1.56. The van der Waals surface area contributed by atoms with E-state index < -0.39 is 0 Å². The van der Waals surface area contributed by atoms with Crippen molar-refractivity contribution in [3.8, 4) is 5.88 Å². The molecule has 0 spiro atoms. The average Bonchev–Trinajstić information content (AvgIpc) is 2.49. The van der Waals surface area contributed by atoms with E-state index in [0.29, 0.717) is 29.0 Å². The fourth-order valence-electron chi connectivity index (χ4n) is 1.83. The van der Waals surface area contributed by atoms with Gasteiger partial charge in [-0.1, -0.05) is 22.0 Å². The highest BCUT2D eigenvalue weighted by Crippen LogP contribution is 2.23. The number of nitrogens with one attached hydrogen (secondary N) is 1. The van der Waals surface area contributed by atoms with Crippen molar-refractivity contribution in [2.75, 3.05) is 7.11 Å². The molecule has 1 aromatic heterocycles. The average molecular weight is 352 g/mol. The third-order valence-corrected chi connectivity index (χ3v) is 3.39. The Morgan fingerprint density at radius 2 is 2.14 bits per heavy atom. The summed E-state index contributed by atoms with van der Waals surface area (Å²) >= 11 is 3.24. The van der Waals surface area contributed by atoms with Crippen molar-refractivity contribution in [2.45, 2.75) is 13.1 Å². The normalized spacial score (nSPS) is 10.4. The number of nitro benzene ring substituents is 1. The number of ether oxygens (including phenoxy) is 1. The molecule has 0 unspecified atom stereocenters. The third kappa shape index (κ3) is 4.24. The summed E-state index contributed by atoms with van der Waals surface area (Å²) in [6.07, 6.45) is 1.71. The van der Waals surface area contributed by atoms with Crippen molar-refractivity contribution >= 4 is 21.6 Å². The first-order chi connectivity index (χ1) is 10.1. The van der Waals surface area contributed by atoms with Gasteiger partial charge in [-0.25, -0.2) is 4.98 Å². The van der Waals surface area contributed by atoms with Gasteiger partial charge in [0.05, 0.1) is 12.0 Å². The molecule has 0 aliphatic heterocycles. The number of rotatable bonds is 6. The fourth-order valence-corrected chi connectivity index (χ4v) is 2.18. The van der Waals surface area contributed by atoms with Gasteiger partial charge in [0, 0.05) is 41.5 Å². The molecule has 1 heterocycles. The van der Waals surface area contributed by atoms with Gasteiger partial charge in [0.15, 0.2) is 0 Å². The van der Waals surface area contributed by atoms with Crippen molar-refractivity contribution in [2.24, 2.45) is 0 Å². The zero-order valence-electron chi connectivity index (χ0n) is 11.4. The number of methoxy groups -OCH3 is 1. The number of nitro groups is 1. The van der Waals surface area contributed by atoms with Crippen LogP contribution in [0.25, 0.3) is 0 Å². The molecule has 0 saturated carbocycles. The van der Waals surface area contributed by atoms with E-state index in [0.717, 1.165) is 5.56 Å². The summed E-state index contributed by atoms with van der Waals surface area (Å²) in [4.78, 5) is 14.7. The Kier molecular flexibility index (Phi) is 5.24. The monoisotopic (exact) mass is 351 g/mol. The summed E-state index contributed by atoms with van der Waals surface area (Å²) < 4.78 is 5.68. The molecule has 0 bridgehead atoms. The predicted molar refractivity (Wildman–Crippen MR) is 82.1 cm³/mol. The van der Waals surface area contributed by atoms with Gasteiger partial charge in [0.2, 0.25) is 5.88 Å². The minimum absolute atomic E-state index is 0.102. The number of nitrogens with zero attached hydrogens (tertiary/aromatic N) is 2. The van der Waals surface area contributed by atoms with Crippen molar-refractivity contribution < 1.29 is 9.66 Å². The Labute approximate surface area is 130 Å². The molecule has 0 saturated heterocycles. The Bertz CT molecular complexity index is 632. The lowest BCUT2D eigenvalue weighted by molar-refractivity contribution is -0.385. The van der Waals surface area contributed by atoms with Gasteiger partial charge in [0.25, 0.3) is 5.69 Å². The molecular weight excluding hydrogens is 338 g/mol. The van der Waals surface area contributed by atoms with Crippen molar-refractivity contribution in [3.05, 3.63) is 62.2 Å². The Balaban J connectivity index is 1.98. The van der Waals surface area contributed by atoms with E-state index in [4.69, 9.17) is 4.74 Å². The number of pyridine rings is 1. The van der Waals surface area contributed by atoms with Gasteiger partial charge in [0.1, 0.15) is 0 Å². The number of benzene rings is 1. The lowest BCUT2D eigenvalue weighted by Crippen LogP contribution is -2.14. The molecule has 7 heteroatoms. The van der Waals surface area contributed by atoms with E-state index in [1.165, 1.54) is 6.07 Å². The summed E-state index contributed by atoms with van der Waals surface area (Å²) in [5.41, 5.74) is 1.73. The van der Waals surface area contributed by atoms with Crippen molar-refractivity contribution in [1.29, 1.82) is 0 Å². The van der Waals surface area contributed by atoms with E-state index in [2.05, 4.69) is 26.2 Å². The number of hydrogen-bond donors (Lipinski definition) is 1. The van der Waals surface area contributed by atoms with Crippen LogP contribution in [0.4, 0.5) is 5.69 Å². The van der Waals surface area contributed by atoms with Crippen molar-refractivity contribution in [3.63, 3.8) is 0 Å². The smallest absolute Gasteiger partial charge is 0.275 e. The maximum atomic E-state index is 11.0. The third-order valence-electron chi connectivity index (χ3n) is 2.90. The van der Waals surface area contributed by atoms with Crippen LogP contribution in [0, 0.1) is 10.1 Å². The number of aromatic nitrogens is 1. The summed E-state index contributed by atoms with van der Waals surface area (Å²) in [5, 5.41) is 14.2. The SMILES string of the molecule is COc1ccc(CNCc2ccc(Br)cc2[N+](=O)[O-])cn1. The maximum absolute atomic E-state index is 11.0. The minimum Gasteiger partial charge on any atom is -0.481 e. The quantitative estimate of drug-likeness (QED) is 0.639. The lowest BCUT2D eigenvalue weighted by Gasteiger charge is -2.07. The lowest BCUT2D eigenvalue weighted by atomic mass is 10.2. The molecule has 0 atom stereocenters. The molecule has 0 aliphatic rings. The van der Waals surface area contributed by atoms with Gasteiger partial charge >= 0.3 is 0 Å². The van der Waals surface area contributed by atoms with Crippen LogP contribution >= 0.6 is 15.9 Å². The second kappa shape index (κ2) is 7.14. The van der Waals surface area contributed by atoms with Gasteiger partial charge in [-0.15, -0.1) is 0 Å². The minimum atomic E-state index is -0.378. The largest absolute Gasteiger partial charge is 0.481 e. The van der Waals surface area contributed by atoms with E-state index >= 15 is 0 Å². The Hall–Kier alpha value is -1.99. The molecule has 1 N–H and O–H groups in total. The molecule has 0 fully saturated rings. The van der Waals surface area contributed by atoms with E-state index in [1.54, 1.807) is 31.5 Å². The fraction of sp³-hybridized carbons (Fsp3) is 0.214. The standard InChI is InChI=1S/C14H14BrN3O3/c1-21-14-5-2-10(8-17-14)7-16-9-11-3-4-12(15)6-13(11)18(19)20/h2-6,8,16H,7,9H2,1H3. The highest BCUT2D eigenvalue weighted by atomic mass is 79.9. The molecule has 6 nitrogen and oxygen atoms in total. The molecule has 2 rings (SSSR count). The van der Waals surface area contributed by atoms with Crippen LogP contribution in [0.2, 0.25) is 0 Å². The molecule has 21 heavy (non-hydrogen) atoms. The van der Waals surface area contributed by atoms with E-state index in [-0.39, 0.29) is 10.6 Å². The van der Waals surface area contributed by atoms with Crippen LogP contribution in [0.15, 0.2) is 41.0 Å². The molecular formula is C14H14BrN3O3. The first-order valence-electron chi connectivity index (χ1n) is 6.22. The highest BCUT2D eigenvalue weighted by Gasteiger charge is 2.13. The first-order valence-corrected chi connectivity index (χ1v) is 7.02. The van der Waals surface area contributed by atoms with E-state index in [1.807, 2.05) is 6.07 Å².